The van der Waals surface area contributed by atoms with Gasteiger partial charge in [-0.3, -0.25) is 4.79 Å². The summed E-state index contributed by atoms with van der Waals surface area (Å²) in [6.45, 7) is 0. The Hall–Kier alpha value is -2.35. The highest BCUT2D eigenvalue weighted by Gasteiger charge is 2.31. The summed E-state index contributed by atoms with van der Waals surface area (Å²) in [5, 5.41) is 2.11. The Morgan fingerprint density at radius 3 is 2.48 bits per heavy atom. The minimum absolute atomic E-state index is 0.0854. The Balaban J connectivity index is 2.25. The average Bonchev–Trinajstić information content (AvgIpc) is 2.37. The van der Waals surface area contributed by atoms with Crippen LogP contribution in [0.15, 0.2) is 30.6 Å². The number of nitrogens with two attached hydrogens (primary N) is 1. The highest BCUT2D eigenvalue weighted by atomic mass is 35.5. The monoisotopic (exact) mass is 316 g/mol. The highest BCUT2D eigenvalue weighted by molar-refractivity contribution is 6.31. The van der Waals surface area contributed by atoms with Gasteiger partial charge in [-0.25, -0.2) is 9.97 Å². The zero-order chi connectivity index (χ0) is 15.6. The van der Waals surface area contributed by atoms with Gasteiger partial charge in [0.2, 0.25) is 0 Å². The van der Waals surface area contributed by atoms with Gasteiger partial charge < -0.3 is 11.1 Å². The van der Waals surface area contributed by atoms with Gasteiger partial charge >= 0.3 is 6.18 Å². The van der Waals surface area contributed by atoms with Crippen LogP contribution in [0.1, 0.15) is 16.1 Å². The number of hydrogen-bond donors (Lipinski definition) is 2. The average molecular weight is 317 g/mol. The van der Waals surface area contributed by atoms with E-state index in [0.717, 1.165) is 24.5 Å². The van der Waals surface area contributed by atoms with Crippen LogP contribution in [0, 0.1) is 0 Å². The number of halogens is 4. The summed E-state index contributed by atoms with van der Waals surface area (Å²) in [6.07, 6.45) is -2.29. The summed E-state index contributed by atoms with van der Waals surface area (Å²) >= 11 is 5.61. The van der Waals surface area contributed by atoms with Gasteiger partial charge in [-0.1, -0.05) is 11.6 Å². The fourth-order valence-electron chi connectivity index (χ4n) is 1.48. The number of amides is 1. The van der Waals surface area contributed by atoms with Gasteiger partial charge in [-0.05, 0) is 18.2 Å². The molecule has 5 nitrogen and oxygen atoms in total. The zero-order valence-electron chi connectivity index (χ0n) is 10.3. The van der Waals surface area contributed by atoms with E-state index in [0.29, 0.717) is 0 Å². The van der Waals surface area contributed by atoms with E-state index in [2.05, 4.69) is 15.3 Å². The van der Waals surface area contributed by atoms with Gasteiger partial charge in [-0.15, -0.1) is 0 Å². The number of rotatable bonds is 2. The number of nitrogens with zero attached hydrogens (tertiary/aromatic N) is 2. The number of hydrogen-bond acceptors (Lipinski definition) is 4. The van der Waals surface area contributed by atoms with Crippen molar-refractivity contribution in [2.75, 3.05) is 11.1 Å². The molecule has 0 atom stereocenters. The molecule has 9 heteroatoms. The maximum absolute atomic E-state index is 12.6. The fraction of sp³-hybridized carbons (Fsp3) is 0.0833. The van der Waals surface area contributed by atoms with Gasteiger partial charge in [0.1, 0.15) is 11.5 Å². The molecule has 0 radical (unpaired) electrons. The molecule has 1 amide bonds. The van der Waals surface area contributed by atoms with E-state index < -0.39 is 17.6 Å². The second-order valence-electron chi connectivity index (χ2n) is 4.01. The Morgan fingerprint density at radius 1 is 1.19 bits per heavy atom. The molecule has 1 aromatic heterocycles. The number of benzene rings is 1. The lowest BCUT2D eigenvalue weighted by Gasteiger charge is -2.10. The molecule has 3 N–H and O–H groups in total. The summed E-state index contributed by atoms with van der Waals surface area (Å²) in [5.41, 5.74) is 4.17. The molecule has 0 bridgehead atoms. The van der Waals surface area contributed by atoms with Gasteiger partial charge in [0, 0.05) is 10.7 Å². The standard InChI is InChI=1S/C12H8ClF3N4O/c13-7-1-6(12(14,15)16)2-8(3-7)20-11(21)9-4-19-10(17)5-18-9/h1-5H,(H2,17,19)(H,20,21). The molecule has 0 saturated heterocycles. The largest absolute Gasteiger partial charge is 0.416 e. The van der Waals surface area contributed by atoms with Crippen molar-refractivity contribution in [3.8, 4) is 0 Å². The summed E-state index contributed by atoms with van der Waals surface area (Å²) in [5.74, 6) is -0.605. The van der Waals surface area contributed by atoms with Crippen molar-refractivity contribution in [3.05, 3.63) is 46.9 Å². The van der Waals surface area contributed by atoms with Crippen LogP contribution in [0.2, 0.25) is 5.02 Å². The molecule has 1 heterocycles. The van der Waals surface area contributed by atoms with Gasteiger partial charge in [0.25, 0.3) is 5.91 Å². The molecule has 0 fully saturated rings. The Kier molecular flexibility index (Phi) is 3.99. The third kappa shape index (κ3) is 3.82. The quantitative estimate of drug-likeness (QED) is 0.892. The lowest BCUT2D eigenvalue weighted by Crippen LogP contribution is -2.15. The van der Waals surface area contributed by atoms with E-state index in [1.54, 1.807) is 0 Å². The summed E-state index contributed by atoms with van der Waals surface area (Å²) in [7, 11) is 0. The van der Waals surface area contributed by atoms with E-state index >= 15 is 0 Å². The molecule has 21 heavy (non-hydrogen) atoms. The number of alkyl halides is 3. The van der Waals surface area contributed by atoms with E-state index in [4.69, 9.17) is 17.3 Å². The van der Waals surface area contributed by atoms with Crippen LogP contribution in [0.25, 0.3) is 0 Å². The van der Waals surface area contributed by atoms with Crippen molar-refractivity contribution in [2.45, 2.75) is 6.18 Å². The van der Waals surface area contributed by atoms with Crippen molar-refractivity contribution in [2.24, 2.45) is 0 Å². The normalized spacial score (nSPS) is 11.2. The lowest BCUT2D eigenvalue weighted by atomic mass is 10.2. The minimum Gasteiger partial charge on any atom is -0.382 e. The summed E-state index contributed by atoms with van der Waals surface area (Å²) < 4.78 is 37.9. The van der Waals surface area contributed by atoms with E-state index in [1.165, 1.54) is 6.07 Å². The van der Waals surface area contributed by atoms with Crippen LogP contribution in [0.3, 0.4) is 0 Å². The van der Waals surface area contributed by atoms with E-state index in [-0.39, 0.29) is 22.2 Å². The Labute approximate surface area is 122 Å². The van der Waals surface area contributed by atoms with Crippen LogP contribution in [-0.4, -0.2) is 15.9 Å². The smallest absolute Gasteiger partial charge is 0.382 e. The van der Waals surface area contributed by atoms with Crippen LogP contribution < -0.4 is 11.1 Å². The lowest BCUT2D eigenvalue weighted by molar-refractivity contribution is -0.137. The summed E-state index contributed by atoms with van der Waals surface area (Å²) in [4.78, 5) is 19.2. The third-order valence-electron chi connectivity index (χ3n) is 2.39. The number of nitrogen functional groups attached to an aromatic ring is 1. The number of nitrogens with one attached hydrogen (secondary N) is 1. The SMILES string of the molecule is Nc1cnc(C(=O)Nc2cc(Cl)cc(C(F)(F)F)c2)cn1. The first-order valence-corrected chi connectivity index (χ1v) is 5.90. The second-order valence-corrected chi connectivity index (χ2v) is 4.44. The molecular weight excluding hydrogens is 309 g/mol. The van der Waals surface area contributed by atoms with Crippen LogP contribution in [-0.2, 0) is 6.18 Å². The van der Waals surface area contributed by atoms with Crippen LogP contribution in [0.4, 0.5) is 24.7 Å². The summed E-state index contributed by atoms with van der Waals surface area (Å²) in [6, 6.07) is 2.73. The Morgan fingerprint density at radius 2 is 1.90 bits per heavy atom. The molecule has 0 unspecified atom stereocenters. The van der Waals surface area contributed by atoms with Gasteiger partial charge in [-0.2, -0.15) is 13.2 Å². The second kappa shape index (κ2) is 5.57. The number of anilines is 2. The van der Waals surface area contributed by atoms with Crippen molar-refractivity contribution < 1.29 is 18.0 Å². The molecule has 0 spiro atoms. The number of carbonyl (C=O) groups is 1. The minimum atomic E-state index is -4.56. The maximum Gasteiger partial charge on any atom is 0.416 e. The maximum atomic E-state index is 12.6. The van der Waals surface area contributed by atoms with Crippen molar-refractivity contribution >= 4 is 29.0 Å². The molecule has 1 aromatic carbocycles. The predicted molar refractivity (Wildman–Crippen MR) is 70.9 cm³/mol. The predicted octanol–water partition coefficient (Wildman–Crippen LogP) is 2.98. The third-order valence-corrected chi connectivity index (χ3v) is 2.61. The fourth-order valence-corrected chi connectivity index (χ4v) is 1.71. The zero-order valence-corrected chi connectivity index (χ0v) is 11.0. The topological polar surface area (TPSA) is 80.9 Å². The first kappa shape index (κ1) is 15.0. The molecule has 2 rings (SSSR count). The molecule has 0 saturated carbocycles. The first-order valence-electron chi connectivity index (χ1n) is 5.52. The van der Waals surface area contributed by atoms with Gasteiger partial charge in [0.15, 0.2) is 0 Å². The molecule has 2 aromatic rings. The van der Waals surface area contributed by atoms with Crippen molar-refractivity contribution in [1.29, 1.82) is 0 Å². The van der Waals surface area contributed by atoms with Crippen LogP contribution >= 0.6 is 11.6 Å². The molecule has 0 aliphatic carbocycles. The number of carbonyl (C=O) groups excluding carboxylic acids is 1. The first-order chi connectivity index (χ1) is 9.75. The molecular formula is C12H8ClF3N4O. The molecule has 0 aliphatic rings. The van der Waals surface area contributed by atoms with Crippen molar-refractivity contribution in [3.63, 3.8) is 0 Å². The van der Waals surface area contributed by atoms with E-state index in [1.807, 2.05) is 0 Å². The van der Waals surface area contributed by atoms with Crippen molar-refractivity contribution in [1.82, 2.24) is 9.97 Å². The van der Waals surface area contributed by atoms with Gasteiger partial charge in [0.05, 0.1) is 18.0 Å². The highest BCUT2D eigenvalue weighted by Crippen LogP contribution is 2.33. The number of aromatic nitrogens is 2. The molecule has 0 aliphatic heterocycles. The Bertz CT molecular complexity index is 673. The molecule has 110 valence electrons. The van der Waals surface area contributed by atoms with E-state index in [9.17, 15) is 18.0 Å². The van der Waals surface area contributed by atoms with Crippen LogP contribution in [0.5, 0.6) is 0 Å².